The molecule has 136 valence electrons. The van der Waals surface area contributed by atoms with E-state index in [9.17, 15) is 0 Å². The van der Waals surface area contributed by atoms with Crippen LogP contribution in [0.3, 0.4) is 0 Å². The van der Waals surface area contributed by atoms with Crippen LogP contribution in [0.5, 0.6) is 0 Å². The number of fused-ring (bicyclic) bond motifs is 9. The molecule has 0 unspecified atom stereocenters. The molecule has 5 heteroatoms. The molecule has 0 amide bonds. The summed E-state index contributed by atoms with van der Waals surface area (Å²) in [5.74, 6) is 0. The fraction of sp³-hybridized carbons (Fsp3) is 0. The third-order valence-electron chi connectivity index (χ3n) is 5.75. The highest BCUT2D eigenvalue weighted by Crippen LogP contribution is 2.36. The van der Waals surface area contributed by atoms with Crippen LogP contribution in [-0.2, 0) is 0 Å². The highest BCUT2D eigenvalue weighted by molar-refractivity contribution is 7.18. The molecule has 0 bridgehead atoms. The van der Waals surface area contributed by atoms with Gasteiger partial charge in [-0.1, -0.05) is 36.4 Å². The van der Waals surface area contributed by atoms with Gasteiger partial charge in [0.2, 0.25) is 0 Å². The van der Waals surface area contributed by atoms with E-state index in [0.717, 1.165) is 22.2 Å². The first-order chi connectivity index (χ1) is 14.4. The molecule has 3 aromatic carbocycles. The summed E-state index contributed by atoms with van der Waals surface area (Å²) in [5, 5.41) is 11.4. The lowest BCUT2D eigenvalue weighted by Gasteiger charge is -2.10. The molecule has 7 rings (SSSR count). The van der Waals surface area contributed by atoms with E-state index in [1.807, 2.05) is 4.52 Å². The summed E-state index contributed by atoms with van der Waals surface area (Å²) >= 11 is 1.75. The van der Waals surface area contributed by atoms with E-state index in [2.05, 4.69) is 92.8 Å². The van der Waals surface area contributed by atoms with Gasteiger partial charge >= 0.3 is 0 Å². The summed E-state index contributed by atoms with van der Waals surface area (Å²) in [7, 11) is 0. The molecule has 0 saturated carbocycles. The number of aromatic nitrogens is 4. The Morgan fingerprint density at radius 2 is 1.45 bits per heavy atom. The van der Waals surface area contributed by atoms with Gasteiger partial charge in [0.05, 0.1) is 21.3 Å². The monoisotopic (exact) mass is 390 g/mol. The zero-order valence-electron chi connectivity index (χ0n) is 15.3. The third-order valence-corrected chi connectivity index (χ3v) is 6.68. The SMILES string of the molecule is c1ccc2c(c1)c1ccccc1n2-c1ccc2c(c1)c1sccc1n1ncnc21. The molecule has 0 spiro atoms. The first-order valence-electron chi connectivity index (χ1n) is 9.51. The zero-order valence-corrected chi connectivity index (χ0v) is 16.1. The van der Waals surface area contributed by atoms with E-state index in [1.54, 1.807) is 17.7 Å². The molecule has 4 nitrogen and oxygen atoms in total. The second kappa shape index (κ2) is 5.43. The molecule has 4 heterocycles. The highest BCUT2D eigenvalue weighted by Gasteiger charge is 2.15. The minimum Gasteiger partial charge on any atom is -0.309 e. The Morgan fingerprint density at radius 3 is 2.24 bits per heavy atom. The summed E-state index contributed by atoms with van der Waals surface area (Å²) in [4.78, 5) is 4.52. The molecule has 0 saturated heterocycles. The summed E-state index contributed by atoms with van der Waals surface area (Å²) in [6.07, 6.45) is 1.63. The maximum absolute atomic E-state index is 4.52. The smallest absolute Gasteiger partial charge is 0.163 e. The van der Waals surface area contributed by atoms with Crippen LogP contribution in [0.1, 0.15) is 0 Å². The van der Waals surface area contributed by atoms with Crippen molar-refractivity contribution in [2.24, 2.45) is 0 Å². The van der Waals surface area contributed by atoms with Gasteiger partial charge in [-0.2, -0.15) is 5.10 Å². The first kappa shape index (κ1) is 15.2. The quantitative estimate of drug-likeness (QED) is 0.335. The Labute approximate surface area is 169 Å². The van der Waals surface area contributed by atoms with Gasteiger partial charge in [0.25, 0.3) is 0 Å². The van der Waals surface area contributed by atoms with Crippen LogP contribution in [0.2, 0.25) is 0 Å². The fourth-order valence-corrected chi connectivity index (χ4v) is 5.43. The molecular formula is C24H14N4S. The highest BCUT2D eigenvalue weighted by atomic mass is 32.1. The van der Waals surface area contributed by atoms with Crippen molar-refractivity contribution in [3.05, 3.63) is 84.5 Å². The zero-order chi connectivity index (χ0) is 18.9. The molecule has 7 aromatic rings. The van der Waals surface area contributed by atoms with Crippen molar-refractivity contribution in [3.8, 4) is 5.69 Å². The Balaban J connectivity index is 1.66. The number of nitrogens with zero attached hydrogens (tertiary/aromatic N) is 4. The Bertz CT molecular complexity index is 1660. The van der Waals surface area contributed by atoms with Gasteiger partial charge in [-0.15, -0.1) is 11.3 Å². The summed E-state index contributed by atoms with van der Waals surface area (Å²) in [6, 6.07) is 26.0. The average Bonchev–Trinajstić information content (AvgIpc) is 3.50. The lowest BCUT2D eigenvalue weighted by molar-refractivity contribution is 1.01. The summed E-state index contributed by atoms with van der Waals surface area (Å²) in [5.41, 5.74) is 5.61. The van der Waals surface area contributed by atoms with Crippen molar-refractivity contribution < 1.29 is 0 Å². The van der Waals surface area contributed by atoms with Gasteiger partial charge < -0.3 is 4.57 Å². The van der Waals surface area contributed by atoms with Crippen molar-refractivity contribution in [3.63, 3.8) is 0 Å². The molecule has 0 aliphatic carbocycles. The van der Waals surface area contributed by atoms with Gasteiger partial charge in [0.15, 0.2) is 5.65 Å². The largest absolute Gasteiger partial charge is 0.309 e. The molecule has 0 fully saturated rings. The second-order valence-corrected chi connectivity index (χ2v) is 8.15. The molecule has 0 aliphatic rings. The third kappa shape index (κ3) is 1.92. The Hall–Kier alpha value is -3.70. The lowest BCUT2D eigenvalue weighted by Crippen LogP contribution is -1.95. The molecule has 29 heavy (non-hydrogen) atoms. The number of para-hydroxylation sites is 2. The van der Waals surface area contributed by atoms with E-state index in [0.29, 0.717) is 0 Å². The maximum atomic E-state index is 4.52. The molecule has 4 aromatic heterocycles. The van der Waals surface area contributed by atoms with Crippen LogP contribution in [0, 0.1) is 0 Å². The fourth-order valence-electron chi connectivity index (χ4n) is 4.53. The van der Waals surface area contributed by atoms with Gasteiger partial charge in [-0.3, -0.25) is 0 Å². The predicted octanol–water partition coefficient (Wildman–Crippen LogP) is 6.19. The summed E-state index contributed by atoms with van der Waals surface area (Å²) < 4.78 is 5.53. The Kier molecular flexibility index (Phi) is 2.85. The van der Waals surface area contributed by atoms with Crippen LogP contribution in [-0.4, -0.2) is 19.2 Å². The van der Waals surface area contributed by atoms with Crippen molar-refractivity contribution in [1.29, 1.82) is 0 Å². The number of benzene rings is 3. The lowest BCUT2D eigenvalue weighted by atomic mass is 10.1. The van der Waals surface area contributed by atoms with E-state index < -0.39 is 0 Å². The van der Waals surface area contributed by atoms with E-state index in [1.165, 1.54) is 31.9 Å². The number of hydrogen-bond acceptors (Lipinski definition) is 3. The van der Waals surface area contributed by atoms with E-state index in [4.69, 9.17) is 0 Å². The van der Waals surface area contributed by atoms with Gasteiger partial charge in [-0.05, 0) is 41.8 Å². The molecule has 0 aliphatic heterocycles. The molecule has 0 radical (unpaired) electrons. The molecule has 0 atom stereocenters. The van der Waals surface area contributed by atoms with Gasteiger partial charge in [-0.25, -0.2) is 9.50 Å². The normalized spacial score (nSPS) is 12.1. The Morgan fingerprint density at radius 1 is 0.690 bits per heavy atom. The summed E-state index contributed by atoms with van der Waals surface area (Å²) in [6.45, 7) is 0. The topological polar surface area (TPSA) is 35.1 Å². The van der Waals surface area contributed by atoms with Crippen LogP contribution in [0.15, 0.2) is 84.5 Å². The number of thiophene rings is 1. The van der Waals surface area contributed by atoms with Crippen molar-refractivity contribution in [2.45, 2.75) is 0 Å². The van der Waals surface area contributed by atoms with Crippen LogP contribution in [0.25, 0.3) is 54.1 Å². The van der Waals surface area contributed by atoms with Crippen LogP contribution < -0.4 is 0 Å². The van der Waals surface area contributed by atoms with Crippen molar-refractivity contribution in [1.82, 2.24) is 19.2 Å². The minimum atomic E-state index is 0.902. The van der Waals surface area contributed by atoms with Crippen molar-refractivity contribution in [2.75, 3.05) is 0 Å². The standard InChI is InChI=1S/C24H14N4S/c1-3-7-20-16(5-1)17-6-2-4-8-21(17)27(20)15-9-10-18-19(13-15)23-22(11-12-29-23)28-24(18)25-14-26-28/h1-14H. The number of rotatable bonds is 1. The predicted molar refractivity (Wildman–Crippen MR) is 120 cm³/mol. The molecule has 0 N–H and O–H groups in total. The van der Waals surface area contributed by atoms with Crippen LogP contribution in [0.4, 0.5) is 0 Å². The van der Waals surface area contributed by atoms with Crippen LogP contribution >= 0.6 is 11.3 Å². The minimum absolute atomic E-state index is 0.902. The van der Waals surface area contributed by atoms with Gasteiger partial charge in [0.1, 0.15) is 6.33 Å². The number of pyridine rings is 1. The van der Waals surface area contributed by atoms with E-state index in [-0.39, 0.29) is 0 Å². The van der Waals surface area contributed by atoms with Gasteiger partial charge in [0, 0.05) is 27.2 Å². The first-order valence-corrected chi connectivity index (χ1v) is 10.4. The molecular weight excluding hydrogens is 376 g/mol. The second-order valence-electron chi connectivity index (χ2n) is 7.23. The van der Waals surface area contributed by atoms with E-state index >= 15 is 0 Å². The van der Waals surface area contributed by atoms with Crippen molar-refractivity contribution >= 4 is 59.8 Å². The number of hydrogen-bond donors (Lipinski definition) is 0. The average molecular weight is 390 g/mol. The maximum Gasteiger partial charge on any atom is 0.163 e.